The van der Waals surface area contributed by atoms with Crippen molar-refractivity contribution in [3.05, 3.63) is 35.5 Å². The Hall–Kier alpha value is -1.79. The van der Waals surface area contributed by atoms with Crippen molar-refractivity contribution in [2.45, 2.75) is 134 Å². The van der Waals surface area contributed by atoms with Gasteiger partial charge >= 0.3 is 18.0 Å². The Morgan fingerprint density at radius 2 is 1.57 bits per heavy atom. The molecular formula is C33H45F7O2. The van der Waals surface area contributed by atoms with Gasteiger partial charge in [-0.2, -0.15) is 26.3 Å². The van der Waals surface area contributed by atoms with Crippen LogP contribution in [0.5, 0.6) is 0 Å². The van der Waals surface area contributed by atoms with Gasteiger partial charge in [0, 0.05) is 6.42 Å². The molecule has 3 aliphatic carbocycles. The summed E-state index contributed by atoms with van der Waals surface area (Å²) in [5, 5.41) is 19.9. The monoisotopic (exact) mass is 606 g/mol. The largest absolute Gasteiger partial charge is 0.438 e. The van der Waals surface area contributed by atoms with E-state index >= 15 is 0 Å². The summed E-state index contributed by atoms with van der Waals surface area (Å²) in [6.45, 7) is 11.3. The number of allylic oxidation sites excluding steroid dienone is 5. The highest BCUT2D eigenvalue weighted by Gasteiger charge is 2.70. The van der Waals surface area contributed by atoms with Crippen LogP contribution in [0, 0.1) is 34.5 Å². The Kier molecular flexibility index (Phi) is 10.2. The van der Waals surface area contributed by atoms with Crippen molar-refractivity contribution in [3.63, 3.8) is 0 Å². The molecule has 9 heteroatoms. The second-order valence-electron chi connectivity index (χ2n) is 13.9. The van der Waals surface area contributed by atoms with Gasteiger partial charge in [0.2, 0.25) is 0 Å². The van der Waals surface area contributed by atoms with E-state index in [1.165, 1.54) is 11.5 Å². The normalized spacial score (nSPS) is 31.1. The van der Waals surface area contributed by atoms with Crippen LogP contribution in [-0.4, -0.2) is 39.9 Å². The van der Waals surface area contributed by atoms with Crippen molar-refractivity contribution >= 4 is 0 Å². The van der Waals surface area contributed by atoms with E-state index in [2.05, 4.69) is 25.5 Å². The average molecular weight is 607 g/mol. The molecule has 3 saturated carbocycles. The molecule has 0 aromatic carbocycles. The summed E-state index contributed by atoms with van der Waals surface area (Å²) < 4.78 is 94.0. The molecular weight excluding hydrogens is 561 g/mol. The molecule has 0 bridgehead atoms. The summed E-state index contributed by atoms with van der Waals surface area (Å²) in [6.07, 6.45) is -1.63. The van der Waals surface area contributed by atoms with Crippen molar-refractivity contribution < 1.29 is 40.9 Å². The van der Waals surface area contributed by atoms with Crippen LogP contribution in [0.2, 0.25) is 0 Å². The van der Waals surface area contributed by atoms with Crippen molar-refractivity contribution in [3.8, 4) is 11.8 Å². The summed E-state index contributed by atoms with van der Waals surface area (Å²) in [5.74, 6) is 3.43. The third-order valence-corrected chi connectivity index (χ3v) is 10.1. The van der Waals surface area contributed by atoms with E-state index in [1.54, 1.807) is 13.8 Å². The molecule has 0 aromatic rings. The first-order valence-corrected chi connectivity index (χ1v) is 15.0. The highest BCUT2D eigenvalue weighted by Crippen LogP contribution is 2.63. The van der Waals surface area contributed by atoms with Crippen LogP contribution in [0.1, 0.15) is 105 Å². The molecule has 2 nitrogen and oxygen atoms in total. The lowest BCUT2D eigenvalue weighted by atomic mass is 9.55. The summed E-state index contributed by atoms with van der Waals surface area (Å²) >= 11 is 0. The van der Waals surface area contributed by atoms with Crippen LogP contribution < -0.4 is 0 Å². The maximum absolute atomic E-state index is 14.2. The van der Waals surface area contributed by atoms with Gasteiger partial charge in [-0.25, -0.2) is 4.39 Å². The predicted molar refractivity (Wildman–Crippen MR) is 150 cm³/mol. The fourth-order valence-electron chi connectivity index (χ4n) is 7.78. The minimum atomic E-state index is -6.00. The number of hydrogen-bond donors (Lipinski definition) is 2. The number of halogens is 7. The SMILES string of the molecule is C=C1/C(=C\C=C2/CCCC3(C)C2CCC3[C@](C)(CC#CC(O)(C(F)(F)F)C(F)(F)F)CCCC(C)(C)O)CCCC1F. The molecule has 0 amide bonds. The maximum Gasteiger partial charge on any atom is 0.438 e. The molecule has 2 N–H and O–H groups in total. The zero-order chi connectivity index (χ0) is 31.8. The van der Waals surface area contributed by atoms with Crippen LogP contribution in [0.15, 0.2) is 35.5 Å². The van der Waals surface area contributed by atoms with Gasteiger partial charge in [-0.15, -0.1) is 0 Å². The van der Waals surface area contributed by atoms with Crippen molar-refractivity contribution in [1.29, 1.82) is 0 Å². The van der Waals surface area contributed by atoms with E-state index in [9.17, 15) is 40.9 Å². The van der Waals surface area contributed by atoms with Crippen LogP contribution >= 0.6 is 0 Å². The highest BCUT2D eigenvalue weighted by molar-refractivity contribution is 5.38. The van der Waals surface area contributed by atoms with Crippen LogP contribution in [-0.2, 0) is 0 Å². The van der Waals surface area contributed by atoms with E-state index in [4.69, 9.17) is 0 Å². The van der Waals surface area contributed by atoms with Gasteiger partial charge in [0.1, 0.15) is 6.17 Å². The zero-order valence-corrected chi connectivity index (χ0v) is 25.1. The Bertz CT molecular complexity index is 1100. The fraction of sp³-hybridized carbons (Fsp3) is 0.758. The quantitative estimate of drug-likeness (QED) is 0.224. The number of fused-ring (bicyclic) bond motifs is 1. The lowest BCUT2D eigenvalue weighted by Crippen LogP contribution is -2.55. The molecule has 0 spiro atoms. The Balaban J connectivity index is 1.95. The molecule has 0 heterocycles. The first kappa shape index (κ1) is 34.7. The fourth-order valence-corrected chi connectivity index (χ4v) is 7.78. The van der Waals surface area contributed by atoms with Crippen molar-refractivity contribution in [2.24, 2.45) is 22.7 Å². The predicted octanol–water partition coefficient (Wildman–Crippen LogP) is 9.33. The lowest BCUT2D eigenvalue weighted by molar-refractivity contribution is -0.343. The Labute approximate surface area is 245 Å². The molecule has 0 aromatic heterocycles. The molecule has 3 rings (SSSR count). The number of hydrogen-bond acceptors (Lipinski definition) is 2. The van der Waals surface area contributed by atoms with Gasteiger partial charge in [-0.05, 0) is 118 Å². The van der Waals surface area contributed by atoms with Gasteiger partial charge in [0.05, 0.1) is 5.60 Å². The summed E-state index contributed by atoms with van der Waals surface area (Å²) in [6, 6.07) is 0. The summed E-state index contributed by atoms with van der Waals surface area (Å²) in [5.41, 5.74) is -4.41. The third kappa shape index (κ3) is 7.29. The highest BCUT2D eigenvalue weighted by atomic mass is 19.4. The second-order valence-corrected chi connectivity index (χ2v) is 13.9. The number of alkyl halides is 7. The van der Waals surface area contributed by atoms with Crippen LogP contribution in [0.3, 0.4) is 0 Å². The molecule has 0 aliphatic heterocycles. The average Bonchev–Trinajstić information content (AvgIpc) is 3.21. The molecule has 3 fully saturated rings. The standard InChI is InChI=1S/C33H45F7O2/c1-22-23(10-6-12-26(22)34)13-14-24-11-7-20-30(5)25(24)15-16-27(30)29(4,18-8-17-28(2,3)41)19-9-21-31(42,32(35,36)37)33(38,39)40/h13-14,25-27,41-42H,1,6-8,10-12,15-20H2,2-5H3/b23-13-,24-14+/t25?,26?,27?,29-,30?/m0/s1. The second kappa shape index (κ2) is 12.3. The minimum Gasteiger partial charge on any atom is -0.390 e. The smallest absolute Gasteiger partial charge is 0.390 e. The van der Waals surface area contributed by atoms with Crippen LogP contribution in [0.25, 0.3) is 0 Å². The molecule has 3 aliphatic rings. The molecule has 0 saturated heterocycles. The first-order valence-electron chi connectivity index (χ1n) is 15.0. The Morgan fingerprint density at radius 1 is 0.929 bits per heavy atom. The zero-order valence-electron chi connectivity index (χ0n) is 25.1. The van der Waals surface area contributed by atoms with Gasteiger partial charge in [-0.1, -0.05) is 50.5 Å². The first-order chi connectivity index (χ1) is 19.1. The third-order valence-electron chi connectivity index (χ3n) is 10.1. The summed E-state index contributed by atoms with van der Waals surface area (Å²) in [4.78, 5) is 0. The van der Waals surface area contributed by atoms with Gasteiger partial charge in [0.25, 0.3) is 0 Å². The lowest BCUT2D eigenvalue weighted by Gasteiger charge is -2.49. The molecule has 4 unspecified atom stereocenters. The topological polar surface area (TPSA) is 40.5 Å². The molecule has 238 valence electrons. The van der Waals surface area contributed by atoms with Crippen molar-refractivity contribution in [2.75, 3.05) is 0 Å². The van der Waals surface area contributed by atoms with E-state index < -0.39 is 35.1 Å². The molecule has 0 radical (unpaired) electrons. The Morgan fingerprint density at radius 3 is 2.17 bits per heavy atom. The minimum absolute atomic E-state index is 0.0489. The number of aliphatic hydroxyl groups is 2. The summed E-state index contributed by atoms with van der Waals surface area (Å²) in [7, 11) is 0. The van der Waals surface area contributed by atoms with Gasteiger partial charge in [-0.3, -0.25) is 0 Å². The van der Waals surface area contributed by atoms with Gasteiger partial charge < -0.3 is 10.2 Å². The van der Waals surface area contributed by atoms with Gasteiger partial charge in [0.15, 0.2) is 0 Å². The van der Waals surface area contributed by atoms with E-state index in [0.717, 1.165) is 50.5 Å². The van der Waals surface area contributed by atoms with Crippen LogP contribution in [0.4, 0.5) is 30.7 Å². The van der Waals surface area contributed by atoms with E-state index in [-0.39, 0.29) is 23.7 Å². The van der Waals surface area contributed by atoms with E-state index in [0.29, 0.717) is 31.3 Å². The van der Waals surface area contributed by atoms with E-state index in [1.807, 2.05) is 13.0 Å². The number of rotatable bonds is 7. The molecule has 5 atom stereocenters. The maximum atomic E-state index is 14.2. The molecule has 42 heavy (non-hydrogen) atoms. The van der Waals surface area contributed by atoms with Crippen molar-refractivity contribution in [1.82, 2.24) is 0 Å².